The van der Waals surface area contributed by atoms with Crippen LogP contribution in [0.5, 0.6) is 0 Å². The number of nitrogens with one attached hydrogen (secondary N) is 1. The van der Waals surface area contributed by atoms with E-state index in [4.69, 9.17) is 0 Å². The molecule has 0 aliphatic heterocycles. The van der Waals surface area contributed by atoms with Gasteiger partial charge in [-0.2, -0.15) is 0 Å². The van der Waals surface area contributed by atoms with Crippen LogP contribution >= 0.6 is 0 Å². The van der Waals surface area contributed by atoms with Crippen molar-refractivity contribution in [1.29, 1.82) is 0 Å². The van der Waals surface area contributed by atoms with Gasteiger partial charge in [0.05, 0.1) is 19.0 Å². The standard InChI is InChI=1S/C17H23N3O2/c1-13(2)9-16(11-21)19-17(22)15-5-3-14(4-6-15)10-20-8-7-18-12-20/h3-8,12-13,16,21H,9-11H2,1-2H3,(H,19,22). The fourth-order valence-corrected chi connectivity index (χ4v) is 2.37. The molecule has 118 valence electrons. The first-order valence-electron chi connectivity index (χ1n) is 7.55. The second kappa shape index (κ2) is 7.75. The zero-order chi connectivity index (χ0) is 15.9. The van der Waals surface area contributed by atoms with Crippen LogP contribution < -0.4 is 5.32 Å². The largest absolute Gasteiger partial charge is 0.394 e. The molecular weight excluding hydrogens is 278 g/mol. The molecule has 2 aromatic rings. The number of carbonyl (C=O) groups excluding carboxylic acids is 1. The number of carbonyl (C=O) groups is 1. The van der Waals surface area contributed by atoms with Crippen LogP contribution in [0.15, 0.2) is 43.0 Å². The van der Waals surface area contributed by atoms with Crippen molar-refractivity contribution in [1.82, 2.24) is 14.9 Å². The monoisotopic (exact) mass is 301 g/mol. The molecule has 1 unspecified atom stereocenters. The van der Waals surface area contributed by atoms with Crippen molar-refractivity contribution in [2.75, 3.05) is 6.61 Å². The maximum Gasteiger partial charge on any atom is 0.251 e. The molecule has 5 nitrogen and oxygen atoms in total. The number of hydrogen-bond acceptors (Lipinski definition) is 3. The minimum Gasteiger partial charge on any atom is -0.394 e. The van der Waals surface area contributed by atoms with Crippen LogP contribution in [-0.2, 0) is 6.54 Å². The number of imidazole rings is 1. The molecule has 1 heterocycles. The molecule has 0 aliphatic rings. The van der Waals surface area contributed by atoms with Gasteiger partial charge in [0.1, 0.15) is 0 Å². The summed E-state index contributed by atoms with van der Waals surface area (Å²) in [5, 5.41) is 12.2. The SMILES string of the molecule is CC(C)CC(CO)NC(=O)c1ccc(Cn2ccnc2)cc1. The highest BCUT2D eigenvalue weighted by atomic mass is 16.3. The molecular formula is C17H23N3O2. The highest BCUT2D eigenvalue weighted by Gasteiger charge is 2.14. The zero-order valence-corrected chi connectivity index (χ0v) is 13.1. The molecule has 0 fully saturated rings. The Kier molecular flexibility index (Phi) is 5.72. The van der Waals surface area contributed by atoms with Crippen LogP contribution in [0.3, 0.4) is 0 Å². The Bertz CT molecular complexity index is 576. The Morgan fingerprint density at radius 3 is 2.59 bits per heavy atom. The Morgan fingerprint density at radius 1 is 1.32 bits per heavy atom. The quantitative estimate of drug-likeness (QED) is 0.822. The van der Waals surface area contributed by atoms with Gasteiger partial charge in [-0.3, -0.25) is 4.79 Å². The van der Waals surface area contributed by atoms with Crippen LogP contribution in [0, 0.1) is 5.92 Å². The summed E-state index contributed by atoms with van der Waals surface area (Å²) in [5.41, 5.74) is 1.71. The van der Waals surface area contributed by atoms with Crippen molar-refractivity contribution in [2.24, 2.45) is 5.92 Å². The molecule has 0 bridgehead atoms. The maximum atomic E-state index is 12.2. The highest BCUT2D eigenvalue weighted by molar-refractivity contribution is 5.94. The molecule has 1 amide bonds. The van der Waals surface area contributed by atoms with Gasteiger partial charge in [-0.25, -0.2) is 4.98 Å². The van der Waals surface area contributed by atoms with Crippen LogP contribution in [0.25, 0.3) is 0 Å². The predicted octanol–water partition coefficient (Wildman–Crippen LogP) is 2.07. The molecule has 2 N–H and O–H groups in total. The van der Waals surface area contributed by atoms with E-state index in [2.05, 4.69) is 24.1 Å². The second-order valence-electron chi connectivity index (χ2n) is 5.91. The van der Waals surface area contributed by atoms with Crippen LogP contribution in [0.2, 0.25) is 0 Å². The summed E-state index contributed by atoms with van der Waals surface area (Å²) in [5.74, 6) is 0.281. The maximum absolute atomic E-state index is 12.2. The average molecular weight is 301 g/mol. The first-order chi connectivity index (χ1) is 10.6. The minimum atomic E-state index is -0.196. The van der Waals surface area contributed by atoms with E-state index in [1.165, 1.54) is 0 Å². The number of aliphatic hydroxyl groups excluding tert-OH is 1. The smallest absolute Gasteiger partial charge is 0.251 e. The molecule has 0 radical (unpaired) electrons. The molecule has 0 aliphatic carbocycles. The van der Waals surface area contributed by atoms with Crippen molar-refractivity contribution in [3.8, 4) is 0 Å². The number of benzene rings is 1. The van der Waals surface area contributed by atoms with Gasteiger partial charge in [0, 0.05) is 24.5 Å². The van der Waals surface area contributed by atoms with E-state index in [-0.39, 0.29) is 18.6 Å². The molecule has 0 saturated carbocycles. The van der Waals surface area contributed by atoms with E-state index < -0.39 is 0 Å². The lowest BCUT2D eigenvalue weighted by Gasteiger charge is -2.18. The van der Waals surface area contributed by atoms with E-state index in [0.717, 1.165) is 18.5 Å². The fraction of sp³-hybridized carbons (Fsp3) is 0.412. The molecule has 1 aromatic heterocycles. The molecule has 5 heteroatoms. The third-order valence-electron chi connectivity index (χ3n) is 3.45. The average Bonchev–Trinajstić information content (AvgIpc) is 2.99. The Hall–Kier alpha value is -2.14. The third kappa shape index (κ3) is 4.70. The summed E-state index contributed by atoms with van der Waals surface area (Å²) >= 11 is 0. The van der Waals surface area contributed by atoms with E-state index in [9.17, 15) is 9.90 Å². The van der Waals surface area contributed by atoms with Crippen LogP contribution in [0.4, 0.5) is 0 Å². The lowest BCUT2D eigenvalue weighted by molar-refractivity contribution is 0.0908. The van der Waals surface area contributed by atoms with E-state index >= 15 is 0 Å². The summed E-state index contributed by atoms with van der Waals surface area (Å²) in [7, 11) is 0. The summed E-state index contributed by atoms with van der Waals surface area (Å²) in [6.45, 7) is 4.83. The highest BCUT2D eigenvalue weighted by Crippen LogP contribution is 2.09. The lowest BCUT2D eigenvalue weighted by atomic mass is 10.0. The second-order valence-corrected chi connectivity index (χ2v) is 5.91. The molecule has 0 saturated heterocycles. The van der Waals surface area contributed by atoms with Gasteiger partial charge < -0.3 is 15.0 Å². The number of aliphatic hydroxyl groups is 1. The molecule has 1 aromatic carbocycles. The van der Waals surface area contributed by atoms with Gasteiger partial charge in [0.2, 0.25) is 0 Å². The Morgan fingerprint density at radius 2 is 2.05 bits per heavy atom. The fourth-order valence-electron chi connectivity index (χ4n) is 2.37. The summed E-state index contributed by atoms with van der Waals surface area (Å²) in [6, 6.07) is 7.30. The van der Waals surface area contributed by atoms with Crippen LogP contribution in [0.1, 0.15) is 36.2 Å². The van der Waals surface area contributed by atoms with Crippen molar-refractivity contribution in [3.05, 3.63) is 54.1 Å². The summed E-state index contributed by atoms with van der Waals surface area (Å²) in [6.07, 6.45) is 6.17. The Labute approximate surface area is 131 Å². The van der Waals surface area contributed by atoms with Gasteiger partial charge in [0.25, 0.3) is 5.91 Å². The normalized spacial score (nSPS) is 12.4. The number of rotatable bonds is 7. The number of aromatic nitrogens is 2. The molecule has 0 spiro atoms. The predicted molar refractivity (Wildman–Crippen MR) is 85.6 cm³/mol. The van der Waals surface area contributed by atoms with E-state index in [0.29, 0.717) is 11.5 Å². The number of nitrogens with zero attached hydrogens (tertiary/aromatic N) is 2. The summed E-state index contributed by atoms with van der Waals surface area (Å²) < 4.78 is 1.97. The van der Waals surface area contributed by atoms with Gasteiger partial charge in [0.15, 0.2) is 0 Å². The Balaban J connectivity index is 1.95. The lowest BCUT2D eigenvalue weighted by Crippen LogP contribution is -2.38. The first-order valence-corrected chi connectivity index (χ1v) is 7.55. The van der Waals surface area contributed by atoms with Gasteiger partial charge in [-0.15, -0.1) is 0 Å². The topological polar surface area (TPSA) is 67.2 Å². The van der Waals surface area contributed by atoms with Gasteiger partial charge in [-0.05, 0) is 30.0 Å². The van der Waals surface area contributed by atoms with Crippen molar-refractivity contribution < 1.29 is 9.90 Å². The summed E-state index contributed by atoms with van der Waals surface area (Å²) in [4.78, 5) is 16.2. The third-order valence-corrected chi connectivity index (χ3v) is 3.45. The van der Waals surface area contributed by atoms with E-state index in [1.54, 1.807) is 12.5 Å². The van der Waals surface area contributed by atoms with Crippen molar-refractivity contribution in [2.45, 2.75) is 32.9 Å². The van der Waals surface area contributed by atoms with Gasteiger partial charge in [-0.1, -0.05) is 26.0 Å². The van der Waals surface area contributed by atoms with Crippen molar-refractivity contribution >= 4 is 5.91 Å². The molecule has 2 rings (SSSR count). The van der Waals surface area contributed by atoms with Gasteiger partial charge >= 0.3 is 0 Å². The van der Waals surface area contributed by atoms with E-state index in [1.807, 2.05) is 35.0 Å². The number of hydrogen-bond donors (Lipinski definition) is 2. The molecule has 22 heavy (non-hydrogen) atoms. The number of amides is 1. The minimum absolute atomic E-state index is 0.0391. The van der Waals surface area contributed by atoms with Crippen LogP contribution in [-0.4, -0.2) is 33.2 Å². The zero-order valence-electron chi connectivity index (χ0n) is 13.1. The first kappa shape index (κ1) is 16.2. The molecule has 1 atom stereocenters. The van der Waals surface area contributed by atoms with Crippen molar-refractivity contribution in [3.63, 3.8) is 0 Å².